The lowest BCUT2D eigenvalue weighted by atomic mass is 10.0. The Morgan fingerprint density at radius 1 is 1.13 bits per heavy atom. The van der Waals surface area contributed by atoms with Crippen LogP contribution in [0.25, 0.3) is 0 Å². The molecule has 0 bridgehead atoms. The van der Waals surface area contributed by atoms with Gasteiger partial charge in [0.05, 0.1) is 5.56 Å². The summed E-state index contributed by atoms with van der Waals surface area (Å²) in [5.41, 5.74) is 0.0544. The lowest BCUT2D eigenvalue weighted by molar-refractivity contribution is 0.0976. The molecule has 0 aliphatic heterocycles. The Kier molecular flexibility index (Phi) is 3.55. The van der Waals surface area contributed by atoms with Crippen LogP contribution in [0.4, 0.5) is 0 Å². The molecule has 1 aromatic rings. The number of unbranched alkanes of at least 4 members (excludes halogenated alkanes) is 1. The normalized spacial score (nSPS) is 10.2. The molecule has 0 aromatic heterocycles. The first-order valence-corrected chi connectivity index (χ1v) is 4.84. The second kappa shape index (κ2) is 4.68. The Labute approximate surface area is 87.8 Å². The molecule has 1 aromatic carbocycles. The van der Waals surface area contributed by atoms with E-state index < -0.39 is 11.5 Å². The lowest BCUT2D eigenvalue weighted by Crippen LogP contribution is -1.99. The van der Waals surface area contributed by atoms with Crippen LogP contribution in [0.3, 0.4) is 0 Å². The first-order chi connectivity index (χ1) is 7.06. The quantitative estimate of drug-likeness (QED) is 0.404. The van der Waals surface area contributed by atoms with Crippen molar-refractivity contribution in [2.45, 2.75) is 26.2 Å². The molecule has 0 spiro atoms. The monoisotopic (exact) mass is 210 g/mol. The first kappa shape index (κ1) is 11.4. The standard InChI is InChI=1S/C11H14O4/c1-2-3-4-8(12)7-5-10(14)11(15)6-9(7)13/h5-6,13-15H,2-4H2,1H3. The highest BCUT2D eigenvalue weighted by Crippen LogP contribution is 2.32. The summed E-state index contributed by atoms with van der Waals surface area (Å²) in [7, 11) is 0. The fraction of sp³-hybridized carbons (Fsp3) is 0.364. The molecule has 15 heavy (non-hydrogen) atoms. The second-order valence-electron chi connectivity index (χ2n) is 3.38. The maximum atomic E-state index is 11.5. The van der Waals surface area contributed by atoms with Crippen LogP contribution in [0, 0.1) is 0 Å². The van der Waals surface area contributed by atoms with Crippen LogP contribution >= 0.6 is 0 Å². The molecule has 0 amide bonds. The average Bonchev–Trinajstić information content (AvgIpc) is 2.20. The Morgan fingerprint density at radius 3 is 2.33 bits per heavy atom. The number of hydrogen-bond donors (Lipinski definition) is 3. The molecule has 0 fully saturated rings. The summed E-state index contributed by atoms with van der Waals surface area (Å²) >= 11 is 0. The summed E-state index contributed by atoms with van der Waals surface area (Å²) in [6, 6.07) is 2.05. The molecule has 82 valence electrons. The highest BCUT2D eigenvalue weighted by Gasteiger charge is 2.14. The van der Waals surface area contributed by atoms with Gasteiger partial charge in [0.15, 0.2) is 17.3 Å². The maximum absolute atomic E-state index is 11.5. The van der Waals surface area contributed by atoms with E-state index in [1.807, 2.05) is 6.92 Å². The van der Waals surface area contributed by atoms with E-state index in [9.17, 15) is 15.0 Å². The zero-order chi connectivity index (χ0) is 11.4. The van der Waals surface area contributed by atoms with Crippen molar-refractivity contribution in [3.8, 4) is 17.2 Å². The number of phenols is 3. The zero-order valence-electron chi connectivity index (χ0n) is 8.53. The SMILES string of the molecule is CCCCC(=O)c1cc(O)c(O)cc1O. The molecule has 0 saturated carbocycles. The fourth-order valence-electron chi connectivity index (χ4n) is 1.26. The van der Waals surface area contributed by atoms with Crippen LogP contribution in [0.5, 0.6) is 17.2 Å². The summed E-state index contributed by atoms with van der Waals surface area (Å²) in [5, 5.41) is 27.6. The minimum absolute atomic E-state index is 0.0544. The van der Waals surface area contributed by atoms with E-state index in [-0.39, 0.29) is 17.1 Å². The summed E-state index contributed by atoms with van der Waals surface area (Å²) < 4.78 is 0. The van der Waals surface area contributed by atoms with Crippen LogP contribution in [0.1, 0.15) is 36.5 Å². The van der Waals surface area contributed by atoms with Gasteiger partial charge in [-0.1, -0.05) is 13.3 Å². The molecule has 3 N–H and O–H groups in total. The van der Waals surface area contributed by atoms with Gasteiger partial charge in [-0.05, 0) is 12.5 Å². The van der Waals surface area contributed by atoms with Crippen LogP contribution < -0.4 is 0 Å². The van der Waals surface area contributed by atoms with Gasteiger partial charge in [-0.15, -0.1) is 0 Å². The van der Waals surface area contributed by atoms with Crippen molar-refractivity contribution in [1.82, 2.24) is 0 Å². The van der Waals surface area contributed by atoms with Crippen molar-refractivity contribution < 1.29 is 20.1 Å². The van der Waals surface area contributed by atoms with Crippen LogP contribution in [-0.2, 0) is 0 Å². The van der Waals surface area contributed by atoms with Gasteiger partial charge in [-0.2, -0.15) is 0 Å². The molecule has 4 nitrogen and oxygen atoms in total. The number of ketones is 1. The second-order valence-corrected chi connectivity index (χ2v) is 3.38. The van der Waals surface area contributed by atoms with E-state index in [4.69, 9.17) is 5.11 Å². The Hall–Kier alpha value is -1.71. The molecule has 0 aliphatic carbocycles. The predicted octanol–water partition coefficient (Wildman–Crippen LogP) is 2.18. The molecule has 0 unspecified atom stereocenters. The van der Waals surface area contributed by atoms with Gasteiger partial charge >= 0.3 is 0 Å². The van der Waals surface area contributed by atoms with E-state index in [0.717, 1.165) is 25.0 Å². The van der Waals surface area contributed by atoms with Gasteiger partial charge in [0.2, 0.25) is 0 Å². The summed E-state index contributed by atoms with van der Waals surface area (Å²) in [6.07, 6.45) is 1.95. The molecule has 4 heteroatoms. The molecule has 0 radical (unpaired) electrons. The number of carbonyl (C=O) groups excluding carboxylic acids is 1. The van der Waals surface area contributed by atoms with E-state index in [0.29, 0.717) is 6.42 Å². The van der Waals surface area contributed by atoms with Gasteiger partial charge in [0.1, 0.15) is 5.75 Å². The van der Waals surface area contributed by atoms with E-state index in [2.05, 4.69) is 0 Å². The van der Waals surface area contributed by atoms with Gasteiger partial charge in [-0.3, -0.25) is 4.79 Å². The minimum atomic E-state index is -0.431. The molecule has 0 atom stereocenters. The van der Waals surface area contributed by atoms with Crippen molar-refractivity contribution in [2.24, 2.45) is 0 Å². The third kappa shape index (κ3) is 2.62. The molecular weight excluding hydrogens is 196 g/mol. The summed E-state index contributed by atoms with van der Waals surface area (Å²) in [6.45, 7) is 1.96. The molecule has 0 saturated heterocycles. The number of carbonyl (C=O) groups is 1. The number of Topliss-reactive ketones (excluding diaryl/α,β-unsaturated/α-hetero) is 1. The van der Waals surface area contributed by atoms with E-state index >= 15 is 0 Å². The number of rotatable bonds is 4. The maximum Gasteiger partial charge on any atom is 0.166 e. The van der Waals surface area contributed by atoms with Gasteiger partial charge in [0.25, 0.3) is 0 Å². The third-order valence-corrected chi connectivity index (χ3v) is 2.15. The topological polar surface area (TPSA) is 77.8 Å². The largest absolute Gasteiger partial charge is 0.507 e. The van der Waals surface area contributed by atoms with Gasteiger partial charge < -0.3 is 15.3 Å². The molecular formula is C11H14O4. The number of hydrogen-bond acceptors (Lipinski definition) is 4. The molecule has 0 aliphatic rings. The van der Waals surface area contributed by atoms with Crippen molar-refractivity contribution in [2.75, 3.05) is 0 Å². The molecule has 0 heterocycles. The average molecular weight is 210 g/mol. The first-order valence-electron chi connectivity index (χ1n) is 4.84. The van der Waals surface area contributed by atoms with Crippen LogP contribution in [-0.4, -0.2) is 21.1 Å². The predicted molar refractivity (Wildman–Crippen MR) is 55.3 cm³/mol. The lowest BCUT2D eigenvalue weighted by Gasteiger charge is -2.05. The van der Waals surface area contributed by atoms with Gasteiger partial charge in [-0.25, -0.2) is 0 Å². The van der Waals surface area contributed by atoms with Gasteiger partial charge in [0, 0.05) is 12.5 Å². The van der Waals surface area contributed by atoms with Crippen LogP contribution in [0.2, 0.25) is 0 Å². The van der Waals surface area contributed by atoms with Crippen molar-refractivity contribution >= 4 is 5.78 Å². The Bertz CT molecular complexity index is 371. The number of aromatic hydroxyl groups is 3. The highest BCUT2D eigenvalue weighted by atomic mass is 16.3. The minimum Gasteiger partial charge on any atom is -0.507 e. The highest BCUT2D eigenvalue weighted by molar-refractivity contribution is 5.99. The van der Waals surface area contributed by atoms with Crippen molar-refractivity contribution in [3.05, 3.63) is 17.7 Å². The van der Waals surface area contributed by atoms with Crippen LogP contribution in [0.15, 0.2) is 12.1 Å². The Balaban J connectivity index is 2.94. The Morgan fingerprint density at radius 2 is 1.73 bits per heavy atom. The van der Waals surface area contributed by atoms with Crippen molar-refractivity contribution in [3.63, 3.8) is 0 Å². The van der Waals surface area contributed by atoms with E-state index in [1.54, 1.807) is 0 Å². The summed E-state index contributed by atoms with van der Waals surface area (Å²) in [5.74, 6) is -1.36. The van der Waals surface area contributed by atoms with Crippen molar-refractivity contribution in [1.29, 1.82) is 0 Å². The molecule has 1 rings (SSSR count). The van der Waals surface area contributed by atoms with E-state index in [1.165, 1.54) is 0 Å². The smallest absolute Gasteiger partial charge is 0.166 e. The summed E-state index contributed by atoms with van der Waals surface area (Å²) in [4.78, 5) is 11.5. The third-order valence-electron chi connectivity index (χ3n) is 2.15. The zero-order valence-corrected chi connectivity index (χ0v) is 8.53. The number of benzene rings is 1. The number of phenolic OH excluding ortho intramolecular Hbond substituents is 3. The fourth-order valence-corrected chi connectivity index (χ4v) is 1.26.